The van der Waals surface area contributed by atoms with Crippen LogP contribution in [0.25, 0.3) is 0 Å². The molecular weight excluding hydrogens is 263 g/mol. The number of ketones is 1. The van der Waals surface area contributed by atoms with Gasteiger partial charge in [-0.1, -0.05) is 18.2 Å². The molecule has 0 aromatic heterocycles. The first-order valence-corrected chi connectivity index (χ1v) is 6.38. The Bertz CT molecular complexity index is 479. The van der Waals surface area contributed by atoms with Gasteiger partial charge in [0, 0.05) is 0 Å². The molecule has 1 atom stereocenters. The second-order valence-electron chi connectivity index (χ2n) is 3.58. The molecule has 0 heterocycles. The lowest BCUT2D eigenvalue weighted by Crippen LogP contribution is -2.14. The number of Topliss-reactive ketones (excluding diaryl/α,β-unsaturated/α-hetero) is 1. The predicted molar refractivity (Wildman–Crippen MR) is 63.2 cm³/mol. The third kappa shape index (κ3) is 3.50. The first-order chi connectivity index (χ1) is 8.40. The SMILES string of the molecule is CSCC(=O)C(C#N)c1cccc(C(F)(F)F)c1. The molecule has 0 saturated carbocycles. The monoisotopic (exact) mass is 273 g/mol. The number of halogens is 3. The number of hydrogen-bond donors (Lipinski definition) is 0. The highest BCUT2D eigenvalue weighted by Crippen LogP contribution is 2.31. The lowest BCUT2D eigenvalue weighted by atomic mass is 9.95. The summed E-state index contributed by atoms with van der Waals surface area (Å²) in [6.07, 6.45) is -2.78. The Balaban J connectivity index is 3.09. The van der Waals surface area contributed by atoms with Gasteiger partial charge in [0.25, 0.3) is 0 Å². The van der Waals surface area contributed by atoms with Gasteiger partial charge in [0.1, 0.15) is 5.92 Å². The summed E-state index contributed by atoms with van der Waals surface area (Å²) in [5.74, 6) is -1.42. The molecule has 0 N–H and O–H groups in total. The standard InChI is InChI=1S/C12H10F3NOS/c1-18-7-11(17)10(6-16)8-3-2-4-9(5-8)12(13,14)15/h2-5,10H,7H2,1H3. The van der Waals surface area contributed by atoms with Crippen molar-refractivity contribution in [3.05, 3.63) is 35.4 Å². The van der Waals surface area contributed by atoms with Gasteiger partial charge in [0.2, 0.25) is 0 Å². The average Bonchev–Trinajstić information content (AvgIpc) is 2.29. The fourth-order valence-corrected chi connectivity index (χ4v) is 1.90. The molecule has 0 amide bonds. The molecule has 0 spiro atoms. The van der Waals surface area contributed by atoms with Gasteiger partial charge in [-0.05, 0) is 17.9 Å². The minimum atomic E-state index is -4.47. The topological polar surface area (TPSA) is 40.9 Å². The van der Waals surface area contributed by atoms with Gasteiger partial charge in [0.15, 0.2) is 5.78 Å². The molecule has 1 aromatic rings. The maximum atomic E-state index is 12.5. The van der Waals surface area contributed by atoms with Crippen molar-refractivity contribution in [3.63, 3.8) is 0 Å². The summed E-state index contributed by atoms with van der Waals surface area (Å²) in [6, 6.07) is 6.08. The number of nitriles is 1. The average molecular weight is 273 g/mol. The van der Waals surface area contributed by atoms with E-state index in [1.165, 1.54) is 23.9 Å². The van der Waals surface area contributed by atoms with Crippen LogP contribution in [0.2, 0.25) is 0 Å². The fourth-order valence-electron chi connectivity index (χ4n) is 1.45. The molecule has 6 heteroatoms. The van der Waals surface area contributed by atoms with Gasteiger partial charge in [-0.3, -0.25) is 4.79 Å². The molecule has 0 radical (unpaired) electrons. The number of carbonyl (C=O) groups excluding carboxylic acids is 1. The summed E-state index contributed by atoms with van der Waals surface area (Å²) in [5.41, 5.74) is -0.761. The second-order valence-corrected chi connectivity index (χ2v) is 4.45. The maximum Gasteiger partial charge on any atom is 0.416 e. The zero-order valence-electron chi connectivity index (χ0n) is 9.49. The Morgan fingerprint density at radius 3 is 2.67 bits per heavy atom. The Labute approximate surface area is 107 Å². The highest BCUT2D eigenvalue weighted by atomic mass is 32.2. The van der Waals surface area contributed by atoms with Crippen LogP contribution in [-0.4, -0.2) is 17.8 Å². The molecule has 1 rings (SSSR count). The predicted octanol–water partition coefficient (Wildman–Crippen LogP) is 3.24. The van der Waals surface area contributed by atoms with Crippen molar-refractivity contribution >= 4 is 17.5 Å². The molecule has 18 heavy (non-hydrogen) atoms. The normalized spacial score (nSPS) is 12.8. The second kappa shape index (κ2) is 5.91. The van der Waals surface area contributed by atoms with E-state index in [9.17, 15) is 18.0 Å². The third-order valence-electron chi connectivity index (χ3n) is 2.28. The number of thioether (sulfide) groups is 1. The first kappa shape index (κ1) is 14.6. The first-order valence-electron chi connectivity index (χ1n) is 4.98. The van der Waals surface area contributed by atoms with Crippen molar-refractivity contribution in [2.45, 2.75) is 12.1 Å². The number of hydrogen-bond acceptors (Lipinski definition) is 3. The van der Waals surface area contributed by atoms with Crippen LogP contribution in [0.15, 0.2) is 24.3 Å². The molecule has 0 bridgehead atoms. The van der Waals surface area contributed by atoms with Crippen LogP contribution < -0.4 is 0 Å². The number of benzene rings is 1. The van der Waals surface area contributed by atoms with Crippen LogP contribution in [-0.2, 0) is 11.0 Å². The zero-order valence-corrected chi connectivity index (χ0v) is 10.3. The summed E-state index contributed by atoms with van der Waals surface area (Å²) in [4.78, 5) is 11.6. The van der Waals surface area contributed by atoms with E-state index in [0.29, 0.717) is 0 Å². The number of alkyl halides is 3. The number of rotatable bonds is 4. The van der Waals surface area contributed by atoms with Gasteiger partial charge >= 0.3 is 6.18 Å². The van der Waals surface area contributed by atoms with Crippen molar-refractivity contribution in [2.75, 3.05) is 12.0 Å². The van der Waals surface area contributed by atoms with Crippen LogP contribution >= 0.6 is 11.8 Å². The van der Waals surface area contributed by atoms with Gasteiger partial charge in [-0.15, -0.1) is 0 Å². The van der Waals surface area contributed by atoms with Crippen molar-refractivity contribution in [1.29, 1.82) is 5.26 Å². The van der Waals surface area contributed by atoms with Crippen LogP contribution in [0, 0.1) is 11.3 Å². The van der Waals surface area contributed by atoms with Crippen LogP contribution in [0.1, 0.15) is 17.0 Å². The third-order valence-corrected chi connectivity index (χ3v) is 2.86. The molecule has 0 aliphatic rings. The van der Waals surface area contributed by atoms with Crippen molar-refractivity contribution in [2.24, 2.45) is 0 Å². The van der Waals surface area contributed by atoms with Crippen LogP contribution in [0.5, 0.6) is 0 Å². The molecular formula is C12H10F3NOS. The Kier molecular flexibility index (Phi) is 4.79. The van der Waals surface area contributed by atoms with Crippen molar-refractivity contribution in [3.8, 4) is 6.07 Å². The maximum absolute atomic E-state index is 12.5. The highest BCUT2D eigenvalue weighted by Gasteiger charge is 2.31. The van der Waals surface area contributed by atoms with Crippen LogP contribution in [0.4, 0.5) is 13.2 Å². The summed E-state index contributed by atoms with van der Waals surface area (Å²) in [7, 11) is 0. The van der Waals surface area contributed by atoms with Gasteiger partial charge in [-0.2, -0.15) is 30.2 Å². The minimum Gasteiger partial charge on any atom is -0.297 e. The van der Waals surface area contributed by atoms with E-state index in [4.69, 9.17) is 5.26 Å². The summed E-state index contributed by atoms with van der Waals surface area (Å²) < 4.78 is 37.5. The largest absolute Gasteiger partial charge is 0.416 e. The van der Waals surface area contributed by atoms with E-state index in [0.717, 1.165) is 12.1 Å². The van der Waals surface area contributed by atoms with Gasteiger partial charge < -0.3 is 0 Å². The molecule has 1 aromatic carbocycles. The Morgan fingerprint density at radius 1 is 1.50 bits per heavy atom. The fraction of sp³-hybridized carbons (Fsp3) is 0.333. The zero-order chi connectivity index (χ0) is 13.8. The van der Waals surface area contributed by atoms with E-state index in [1.54, 1.807) is 12.3 Å². The lowest BCUT2D eigenvalue weighted by Gasteiger charge is -2.11. The van der Waals surface area contributed by atoms with Crippen molar-refractivity contribution in [1.82, 2.24) is 0 Å². The number of nitrogens with zero attached hydrogens (tertiary/aromatic N) is 1. The molecule has 0 aliphatic carbocycles. The van der Waals surface area contributed by atoms with Crippen molar-refractivity contribution < 1.29 is 18.0 Å². The quantitative estimate of drug-likeness (QED) is 0.845. The summed E-state index contributed by atoms with van der Waals surface area (Å²) >= 11 is 1.23. The van der Waals surface area contributed by atoms with E-state index < -0.39 is 17.7 Å². The molecule has 0 saturated heterocycles. The lowest BCUT2D eigenvalue weighted by molar-refractivity contribution is -0.137. The molecule has 0 aliphatic heterocycles. The summed E-state index contributed by atoms with van der Waals surface area (Å²) in [6.45, 7) is 0. The molecule has 1 unspecified atom stereocenters. The summed E-state index contributed by atoms with van der Waals surface area (Å²) in [5, 5.41) is 8.91. The molecule has 0 fully saturated rings. The smallest absolute Gasteiger partial charge is 0.297 e. The Morgan fingerprint density at radius 2 is 2.17 bits per heavy atom. The van der Waals surface area contributed by atoms with Crippen LogP contribution in [0.3, 0.4) is 0 Å². The van der Waals surface area contributed by atoms with E-state index in [-0.39, 0.29) is 17.1 Å². The van der Waals surface area contributed by atoms with E-state index in [1.807, 2.05) is 0 Å². The van der Waals surface area contributed by atoms with Gasteiger partial charge in [0.05, 0.1) is 17.4 Å². The van der Waals surface area contributed by atoms with E-state index >= 15 is 0 Å². The number of carbonyl (C=O) groups is 1. The van der Waals surface area contributed by atoms with E-state index in [2.05, 4.69) is 0 Å². The highest BCUT2D eigenvalue weighted by molar-refractivity contribution is 7.99. The molecule has 2 nitrogen and oxygen atoms in total. The van der Waals surface area contributed by atoms with Gasteiger partial charge in [-0.25, -0.2) is 0 Å². The minimum absolute atomic E-state index is 0.0892. The molecule has 96 valence electrons. The Hall–Kier alpha value is -1.48.